The molecule has 7 nitrogen and oxygen atoms in total. The van der Waals surface area contributed by atoms with Crippen LogP contribution in [0.15, 0.2) is 36.7 Å². The van der Waals surface area contributed by atoms with E-state index in [1.807, 2.05) is 16.9 Å². The predicted molar refractivity (Wildman–Crippen MR) is 96.7 cm³/mol. The SMILES string of the molecule is Cc1ccc(-n2cccn2)c(CN2CCN3C(=O)CN(C)C(=O)C3C2)c1. The van der Waals surface area contributed by atoms with Crippen LogP contribution < -0.4 is 0 Å². The van der Waals surface area contributed by atoms with Crippen molar-refractivity contribution in [1.29, 1.82) is 0 Å². The lowest BCUT2D eigenvalue weighted by Gasteiger charge is -2.45. The summed E-state index contributed by atoms with van der Waals surface area (Å²) in [5.74, 6) is 0.0791. The molecular formula is C19H23N5O2. The van der Waals surface area contributed by atoms with Gasteiger partial charge >= 0.3 is 0 Å². The van der Waals surface area contributed by atoms with Crippen molar-refractivity contribution in [3.63, 3.8) is 0 Å². The summed E-state index contributed by atoms with van der Waals surface area (Å²) < 4.78 is 1.87. The lowest BCUT2D eigenvalue weighted by atomic mass is 10.0. The Kier molecular flexibility index (Phi) is 4.24. The third-order valence-corrected chi connectivity index (χ3v) is 5.20. The van der Waals surface area contributed by atoms with E-state index in [1.165, 1.54) is 16.0 Å². The monoisotopic (exact) mass is 353 g/mol. The van der Waals surface area contributed by atoms with E-state index < -0.39 is 0 Å². The molecule has 1 aromatic carbocycles. The number of likely N-dealkylation sites (N-methyl/N-ethyl adjacent to an activating group) is 1. The van der Waals surface area contributed by atoms with E-state index in [4.69, 9.17) is 0 Å². The Hall–Kier alpha value is -2.67. The van der Waals surface area contributed by atoms with Crippen LogP contribution in [-0.4, -0.2) is 75.6 Å². The number of carbonyl (C=O) groups excluding carboxylic acids is 2. The molecule has 0 radical (unpaired) electrons. The van der Waals surface area contributed by atoms with E-state index >= 15 is 0 Å². The highest BCUT2D eigenvalue weighted by atomic mass is 16.2. The van der Waals surface area contributed by atoms with Crippen LogP contribution in [0.25, 0.3) is 5.69 Å². The van der Waals surface area contributed by atoms with E-state index in [1.54, 1.807) is 18.1 Å². The molecule has 0 spiro atoms. The highest BCUT2D eigenvalue weighted by Crippen LogP contribution is 2.22. The molecule has 2 fully saturated rings. The Balaban J connectivity index is 1.56. The predicted octanol–water partition coefficient (Wildman–Crippen LogP) is 0.666. The van der Waals surface area contributed by atoms with Crippen molar-refractivity contribution in [3.05, 3.63) is 47.8 Å². The van der Waals surface area contributed by atoms with Gasteiger partial charge in [-0.25, -0.2) is 4.68 Å². The fourth-order valence-electron chi connectivity index (χ4n) is 3.84. The fourth-order valence-corrected chi connectivity index (χ4v) is 3.84. The van der Waals surface area contributed by atoms with Crippen LogP contribution in [0.4, 0.5) is 0 Å². The van der Waals surface area contributed by atoms with Crippen molar-refractivity contribution in [1.82, 2.24) is 24.5 Å². The molecule has 0 aliphatic carbocycles. The number of benzene rings is 1. The van der Waals surface area contributed by atoms with Crippen LogP contribution in [0.3, 0.4) is 0 Å². The maximum atomic E-state index is 12.5. The number of carbonyl (C=O) groups is 2. The van der Waals surface area contributed by atoms with Crippen molar-refractivity contribution in [3.8, 4) is 5.69 Å². The van der Waals surface area contributed by atoms with Crippen molar-refractivity contribution < 1.29 is 9.59 Å². The van der Waals surface area contributed by atoms with Gasteiger partial charge in [0.15, 0.2) is 0 Å². The quantitative estimate of drug-likeness (QED) is 0.814. The molecule has 136 valence electrons. The molecule has 0 saturated carbocycles. The number of aryl methyl sites for hydroxylation is 1. The van der Waals surface area contributed by atoms with Gasteiger partial charge in [0.2, 0.25) is 11.8 Å². The fraction of sp³-hybridized carbons (Fsp3) is 0.421. The number of nitrogens with zero attached hydrogens (tertiary/aromatic N) is 5. The Morgan fingerprint density at radius 3 is 2.85 bits per heavy atom. The van der Waals surface area contributed by atoms with Gasteiger partial charge in [-0.05, 0) is 24.6 Å². The second-order valence-electron chi connectivity index (χ2n) is 7.12. The summed E-state index contributed by atoms with van der Waals surface area (Å²) in [5.41, 5.74) is 3.41. The van der Waals surface area contributed by atoms with Gasteiger partial charge in [0.25, 0.3) is 0 Å². The van der Waals surface area contributed by atoms with E-state index in [-0.39, 0.29) is 24.4 Å². The summed E-state index contributed by atoms with van der Waals surface area (Å²) in [6, 6.07) is 7.87. The van der Waals surface area contributed by atoms with Gasteiger partial charge in [0, 0.05) is 45.6 Å². The molecule has 2 amide bonds. The summed E-state index contributed by atoms with van der Waals surface area (Å²) in [6.45, 7) is 4.94. The first kappa shape index (κ1) is 16.8. The summed E-state index contributed by atoms with van der Waals surface area (Å²) in [5, 5.41) is 4.35. The minimum Gasteiger partial charge on any atom is -0.335 e. The molecular weight excluding hydrogens is 330 g/mol. The second kappa shape index (κ2) is 6.57. The highest BCUT2D eigenvalue weighted by Gasteiger charge is 2.41. The van der Waals surface area contributed by atoms with Crippen LogP contribution in [0.2, 0.25) is 0 Å². The average molecular weight is 353 g/mol. The average Bonchev–Trinajstić information content (AvgIpc) is 3.14. The van der Waals surface area contributed by atoms with Gasteiger partial charge in [0.1, 0.15) is 6.04 Å². The topological polar surface area (TPSA) is 61.7 Å². The Bertz CT molecular complexity index is 832. The van der Waals surface area contributed by atoms with Gasteiger partial charge in [0.05, 0.1) is 12.2 Å². The van der Waals surface area contributed by atoms with Crippen LogP contribution in [0.1, 0.15) is 11.1 Å². The Labute approximate surface area is 152 Å². The first-order chi connectivity index (χ1) is 12.5. The number of amides is 2. The molecule has 2 saturated heterocycles. The summed E-state index contributed by atoms with van der Waals surface area (Å²) in [4.78, 5) is 30.2. The largest absolute Gasteiger partial charge is 0.335 e. The molecule has 4 rings (SSSR count). The lowest BCUT2D eigenvalue weighted by Crippen LogP contribution is -2.65. The zero-order valence-corrected chi connectivity index (χ0v) is 15.1. The second-order valence-corrected chi connectivity index (χ2v) is 7.12. The number of hydrogen-bond donors (Lipinski definition) is 0. The smallest absolute Gasteiger partial charge is 0.246 e. The van der Waals surface area contributed by atoms with Gasteiger partial charge in [-0.3, -0.25) is 14.5 Å². The number of hydrogen-bond acceptors (Lipinski definition) is 4. The van der Waals surface area contributed by atoms with Crippen LogP contribution in [0.5, 0.6) is 0 Å². The molecule has 0 N–H and O–H groups in total. The first-order valence-corrected chi connectivity index (χ1v) is 8.89. The van der Waals surface area contributed by atoms with Crippen molar-refractivity contribution >= 4 is 11.8 Å². The Morgan fingerprint density at radius 1 is 1.23 bits per heavy atom. The molecule has 1 atom stereocenters. The van der Waals surface area contributed by atoms with Crippen LogP contribution in [-0.2, 0) is 16.1 Å². The van der Waals surface area contributed by atoms with E-state index in [0.29, 0.717) is 13.1 Å². The maximum Gasteiger partial charge on any atom is 0.246 e. The van der Waals surface area contributed by atoms with E-state index in [2.05, 4.69) is 35.1 Å². The standard InChI is InChI=1S/C19H23N5O2/c1-14-4-5-16(24-7-3-6-20-24)15(10-14)11-22-8-9-23-17(12-22)19(26)21(2)13-18(23)25/h3-7,10,17H,8-9,11-13H2,1-2H3. The van der Waals surface area contributed by atoms with Gasteiger partial charge < -0.3 is 9.80 Å². The zero-order valence-electron chi connectivity index (χ0n) is 15.1. The summed E-state index contributed by atoms with van der Waals surface area (Å²) >= 11 is 0. The van der Waals surface area contributed by atoms with Crippen LogP contribution in [0, 0.1) is 6.92 Å². The maximum absolute atomic E-state index is 12.5. The van der Waals surface area contributed by atoms with Gasteiger partial charge in [-0.2, -0.15) is 5.10 Å². The normalized spacial score (nSPS) is 21.2. The molecule has 2 aliphatic rings. The third-order valence-electron chi connectivity index (χ3n) is 5.20. The lowest BCUT2D eigenvalue weighted by molar-refractivity contribution is -0.158. The zero-order chi connectivity index (χ0) is 18.3. The minimum atomic E-state index is -0.368. The van der Waals surface area contributed by atoms with Crippen molar-refractivity contribution in [2.45, 2.75) is 19.5 Å². The molecule has 1 unspecified atom stereocenters. The number of aromatic nitrogens is 2. The summed E-state index contributed by atoms with van der Waals surface area (Å²) in [6.07, 6.45) is 3.70. The highest BCUT2D eigenvalue weighted by molar-refractivity contribution is 5.95. The first-order valence-electron chi connectivity index (χ1n) is 8.89. The van der Waals surface area contributed by atoms with E-state index in [9.17, 15) is 9.59 Å². The number of piperazine rings is 2. The molecule has 3 heterocycles. The number of rotatable bonds is 3. The van der Waals surface area contributed by atoms with Crippen molar-refractivity contribution in [2.24, 2.45) is 0 Å². The molecule has 1 aromatic heterocycles. The van der Waals surface area contributed by atoms with Crippen molar-refractivity contribution in [2.75, 3.05) is 33.2 Å². The molecule has 7 heteroatoms. The molecule has 26 heavy (non-hydrogen) atoms. The third kappa shape index (κ3) is 2.99. The van der Waals surface area contributed by atoms with E-state index in [0.717, 1.165) is 18.8 Å². The molecule has 2 aliphatic heterocycles. The Morgan fingerprint density at radius 2 is 2.08 bits per heavy atom. The van der Waals surface area contributed by atoms with Gasteiger partial charge in [-0.15, -0.1) is 0 Å². The summed E-state index contributed by atoms with van der Waals surface area (Å²) in [7, 11) is 1.70. The minimum absolute atomic E-state index is 0.0332. The van der Waals surface area contributed by atoms with Crippen LogP contribution >= 0.6 is 0 Å². The number of fused-ring (bicyclic) bond motifs is 1. The molecule has 0 bridgehead atoms. The molecule has 2 aromatic rings. The van der Waals surface area contributed by atoms with Gasteiger partial charge in [-0.1, -0.05) is 17.7 Å².